The van der Waals surface area contributed by atoms with Crippen molar-refractivity contribution in [2.24, 2.45) is 0 Å². The van der Waals surface area contributed by atoms with Crippen molar-refractivity contribution in [2.45, 2.75) is 13.8 Å². The van der Waals surface area contributed by atoms with Crippen LogP contribution in [0.5, 0.6) is 5.75 Å². The monoisotopic (exact) mass is 256 g/mol. The van der Waals surface area contributed by atoms with Crippen LogP contribution in [-0.4, -0.2) is 12.1 Å². The summed E-state index contributed by atoms with van der Waals surface area (Å²) in [7, 11) is 1.41. The highest BCUT2D eigenvalue weighted by molar-refractivity contribution is 5.69. The molecule has 96 valence electrons. The van der Waals surface area contributed by atoms with Crippen molar-refractivity contribution in [3.05, 3.63) is 46.9 Å². The molecule has 0 aliphatic carbocycles. The second-order valence-corrected chi connectivity index (χ2v) is 4.27. The van der Waals surface area contributed by atoms with Crippen LogP contribution in [0.4, 0.5) is 4.39 Å². The van der Waals surface area contributed by atoms with Gasteiger partial charge < -0.3 is 4.74 Å². The van der Waals surface area contributed by atoms with Gasteiger partial charge in [-0.05, 0) is 43.7 Å². The summed E-state index contributed by atoms with van der Waals surface area (Å²) in [5.74, 6) is -0.295. The van der Waals surface area contributed by atoms with Gasteiger partial charge in [0.2, 0.25) is 0 Å². The van der Waals surface area contributed by atoms with E-state index in [0.29, 0.717) is 16.8 Å². The van der Waals surface area contributed by atoms with E-state index >= 15 is 0 Å². The average molecular weight is 256 g/mol. The minimum atomic E-state index is -0.468. The molecule has 0 atom stereocenters. The number of nitrogens with zero attached hydrogens (tertiary/aromatic N) is 2. The van der Waals surface area contributed by atoms with Crippen LogP contribution in [-0.2, 0) is 0 Å². The summed E-state index contributed by atoms with van der Waals surface area (Å²) in [6.45, 7) is 3.69. The molecule has 2 aromatic rings. The van der Waals surface area contributed by atoms with E-state index in [0.717, 1.165) is 11.3 Å². The van der Waals surface area contributed by atoms with Gasteiger partial charge in [0.1, 0.15) is 6.07 Å². The lowest BCUT2D eigenvalue weighted by Gasteiger charge is -2.09. The normalized spacial score (nSPS) is 10.1. The van der Waals surface area contributed by atoms with E-state index in [1.807, 2.05) is 19.9 Å². The summed E-state index contributed by atoms with van der Waals surface area (Å²) >= 11 is 0. The van der Waals surface area contributed by atoms with E-state index in [1.165, 1.54) is 19.2 Å². The zero-order chi connectivity index (χ0) is 14.0. The molecule has 1 heterocycles. The molecular weight excluding hydrogens is 243 g/mol. The lowest BCUT2D eigenvalue weighted by molar-refractivity contribution is 0.386. The number of rotatable bonds is 2. The van der Waals surface area contributed by atoms with Gasteiger partial charge in [-0.25, -0.2) is 4.39 Å². The Kier molecular flexibility index (Phi) is 3.48. The molecule has 0 radical (unpaired) electrons. The highest BCUT2D eigenvalue weighted by atomic mass is 19.1. The number of methoxy groups -OCH3 is 1. The highest BCUT2D eigenvalue weighted by Crippen LogP contribution is 2.28. The molecule has 4 heteroatoms. The Balaban J connectivity index is 2.65. The molecule has 19 heavy (non-hydrogen) atoms. The Morgan fingerprint density at radius 2 is 2.00 bits per heavy atom. The summed E-state index contributed by atoms with van der Waals surface area (Å²) in [5.41, 5.74) is 3.17. The van der Waals surface area contributed by atoms with Crippen molar-refractivity contribution in [1.82, 2.24) is 4.98 Å². The van der Waals surface area contributed by atoms with Gasteiger partial charge in [0.25, 0.3) is 0 Å². The van der Waals surface area contributed by atoms with Crippen LogP contribution in [0.3, 0.4) is 0 Å². The SMILES string of the molecule is COc1ccc(-c2nc(C)cc(C)c2C#N)cc1F. The van der Waals surface area contributed by atoms with Gasteiger partial charge in [0.15, 0.2) is 11.6 Å². The van der Waals surface area contributed by atoms with E-state index in [1.54, 1.807) is 6.07 Å². The predicted molar refractivity (Wildman–Crippen MR) is 70.4 cm³/mol. The number of aryl methyl sites for hydroxylation is 2. The Morgan fingerprint density at radius 1 is 1.26 bits per heavy atom. The maximum Gasteiger partial charge on any atom is 0.165 e. The largest absolute Gasteiger partial charge is 0.494 e. The zero-order valence-corrected chi connectivity index (χ0v) is 11.0. The van der Waals surface area contributed by atoms with Crippen molar-refractivity contribution in [3.63, 3.8) is 0 Å². The molecular formula is C15H13FN2O. The number of hydrogen-bond acceptors (Lipinski definition) is 3. The van der Waals surface area contributed by atoms with E-state index in [9.17, 15) is 9.65 Å². The summed E-state index contributed by atoms with van der Waals surface area (Å²) < 4.78 is 18.6. The van der Waals surface area contributed by atoms with Gasteiger partial charge in [0, 0.05) is 11.3 Å². The number of pyridine rings is 1. The van der Waals surface area contributed by atoms with Crippen molar-refractivity contribution in [3.8, 4) is 23.1 Å². The Labute approximate surface area is 111 Å². The van der Waals surface area contributed by atoms with E-state index in [-0.39, 0.29) is 5.75 Å². The van der Waals surface area contributed by atoms with Crippen LogP contribution in [0.25, 0.3) is 11.3 Å². The Bertz CT molecular complexity index is 675. The van der Waals surface area contributed by atoms with Gasteiger partial charge >= 0.3 is 0 Å². The van der Waals surface area contributed by atoms with Gasteiger partial charge in [-0.15, -0.1) is 0 Å². The lowest BCUT2D eigenvalue weighted by Crippen LogP contribution is -1.97. The van der Waals surface area contributed by atoms with Gasteiger partial charge in [0.05, 0.1) is 18.4 Å². The molecule has 1 aromatic carbocycles. The van der Waals surface area contributed by atoms with Crippen LogP contribution in [0.1, 0.15) is 16.8 Å². The van der Waals surface area contributed by atoms with E-state index < -0.39 is 5.82 Å². The second kappa shape index (κ2) is 5.07. The summed E-state index contributed by atoms with van der Waals surface area (Å²) in [5, 5.41) is 9.21. The first-order chi connectivity index (χ1) is 9.06. The standard InChI is InChI=1S/C15H13FN2O/c1-9-6-10(2)18-15(12(9)8-17)11-4-5-14(19-3)13(16)7-11/h4-7H,1-3H3. The van der Waals surface area contributed by atoms with Gasteiger partial charge in [-0.2, -0.15) is 5.26 Å². The minimum absolute atomic E-state index is 0.173. The molecule has 1 aromatic heterocycles. The molecule has 0 saturated carbocycles. The van der Waals surface area contributed by atoms with E-state index in [2.05, 4.69) is 11.1 Å². The van der Waals surface area contributed by atoms with Crippen molar-refractivity contribution in [1.29, 1.82) is 5.26 Å². The average Bonchev–Trinajstić information content (AvgIpc) is 2.37. The minimum Gasteiger partial charge on any atom is -0.494 e. The number of aromatic nitrogens is 1. The molecule has 0 fully saturated rings. The molecule has 0 bridgehead atoms. The first-order valence-electron chi connectivity index (χ1n) is 5.79. The molecule has 0 saturated heterocycles. The third kappa shape index (κ3) is 2.41. The molecule has 3 nitrogen and oxygen atoms in total. The highest BCUT2D eigenvalue weighted by Gasteiger charge is 2.13. The third-order valence-electron chi connectivity index (χ3n) is 2.88. The first-order valence-corrected chi connectivity index (χ1v) is 5.79. The Hall–Kier alpha value is -2.41. The maximum absolute atomic E-state index is 13.7. The molecule has 0 aliphatic heterocycles. The number of hydrogen-bond donors (Lipinski definition) is 0. The zero-order valence-electron chi connectivity index (χ0n) is 11.0. The lowest BCUT2D eigenvalue weighted by atomic mass is 10.0. The summed E-state index contributed by atoms with van der Waals surface area (Å²) in [4.78, 5) is 4.34. The molecule has 0 aliphatic rings. The fraction of sp³-hybridized carbons (Fsp3) is 0.200. The quantitative estimate of drug-likeness (QED) is 0.827. The fourth-order valence-electron chi connectivity index (χ4n) is 2.00. The van der Waals surface area contributed by atoms with E-state index in [4.69, 9.17) is 4.74 Å². The van der Waals surface area contributed by atoms with Crippen molar-refractivity contribution < 1.29 is 9.13 Å². The van der Waals surface area contributed by atoms with Crippen LogP contribution < -0.4 is 4.74 Å². The molecule has 0 unspecified atom stereocenters. The van der Waals surface area contributed by atoms with Crippen LogP contribution in [0.15, 0.2) is 24.3 Å². The topological polar surface area (TPSA) is 45.9 Å². The van der Waals surface area contributed by atoms with Crippen LogP contribution in [0.2, 0.25) is 0 Å². The smallest absolute Gasteiger partial charge is 0.165 e. The number of ether oxygens (including phenoxy) is 1. The van der Waals surface area contributed by atoms with Crippen molar-refractivity contribution in [2.75, 3.05) is 7.11 Å². The third-order valence-corrected chi connectivity index (χ3v) is 2.88. The maximum atomic E-state index is 13.7. The Morgan fingerprint density at radius 3 is 2.58 bits per heavy atom. The fourth-order valence-corrected chi connectivity index (χ4v) is 2.00. The molecule has 0 spiro atoms. The van der Waals surface area contributed by atoms with Crippen LogP contribution in [0, 0.1) is 31.0 Å². The second-order valence-electron chi connectivity index (χ2n) is 4.27. The van der Waals surface area contributed by atoms with Gasteiger partial charge in [-0.3, -0.25) is 4.98 Å². The van der Waals surface area contributed by atoms with Crippen LogP contribution >= 0.6 is 0 Å². The van der Waals surface area contributed by atoms with Gasteiger partial charge in [-0.1, -0.05) is 0 Å². The number of nitriles is 1. The predicted octanol–water partition coefficient (Wildman–Crippen LogP) is 3.38. The molecule has 0 amide bonds. The number of halogens is 1. The first kappa shape index (κ1) is 13.0. The summed E-state index contributed by atoms with van der Waals surface area (Å²) in [6.07, 6.45) is 0. The molecule has 0 N–H and O–H groups in total. The molecule has 2 rings (SSSR count). The number of benzene rings is 1. The summed E-state index contributed by atoms with van der Waals surface area (Å²) in [6, 6.07) is 8.52. The van der Waals surface area contributed by atoms with Crippen molar-refractivity contribution >= 4 is 0 Å².